The van der Waals surface area contributed by atoms with Crippen molar-refractivity contribution < 1.29 is 13.9 Å². The lowest BCUT2D eigenvalue weighted by atomic mass is 9.96. The maximum atomic E-state index is 14.1. The number of methoxy groups -OCH3 is 1. The SMILES string of the molecule is CCc1ccccc1C(=O)c1cccc(OC)c1F. The summed E-state index contributed by atoms with van der Waals surface area (Å²) in [4.78, 5) is 12.4. The van der Waals surface area contributed by atoms with E-state index in [4.69, 9.17) is 4.74 Å². The van der Waals surface area contributed by atoms with E-state index in [1.807, 2.05) is 19.1 Å². The summed E-state index contributed by atoms with van der Waals surface area (Å²) in [7, 11) is 1.38. The van der Waals surface area contributed by atoms with Gasteiger partial charge in [0.2, 0.25) is 0 Å². The largest absolute Gasteiger partial charge is 0.494 e. The highest BCUT2D eigenvalue weighted by Crippen LogP contribution is 2.23. The lowest BCUT2D eigenvalue weighted by Gasteiger charge is -2.09. The summed E-state index contributed by atoms with van der Waals surface area (Å²) in [6.45, 7) is 1.97. The molecule has 3 heteroatoms. The summed E-state index contributed by atoms with van der Waals surface area (Å²) in [5.41, 5.74) is 1.49. The second-order valence-electron chi connectivity index (χ2n) is 4.16. The number of carbonyl (C=O) groups excluding carboxylic acids is 1. The Morgan fingerprint density at radius 1 is 1.11 bits per heavy atom. The van der Waals surface area contributed by atoms with Crippen LogP contribution in [0.15, 0.2) is 42.5 Å². The summed E-state index contributed by atoms with van der Waals surface area (Å²) in [6.07, 6.45) is 0.730. The molecule has 2 aromatic carbocycles. The second kappa shape index (κ2) is 5.65. The second-order valence-corrected chi connectivity index (χ2v) is 4.16. The topological polar surface area (TPSA) is 26.3 Å². The third kappa shape index (κ3) is 2.50. The number of ether oxygens (including phenoxy) is 1. The molecule has 2 aromatic rings. The van der Waals surface area contributed by atoms with Gasteiger partial charge >= 0.3 is 0 Å². The molecule has 0 atom stereocenters. The van der Waals surface area contributed by atoms with Crippen LogP contribution in [0, 0.1) is 5.82 Å². The predicted molar refractivity (Wildman–Crippen MR) is 72.2 cm³/mol. The van der Waals surface area contributed by atoms with E-state index >= 15 is 0 Å². The van der Waals surface area contributed by atoms with Crippen LogP contribution in [0.25, 0.3) is 0 Å². The molecule has 0 saturated carbocycles. The average Bonchev–Trinajstić information content (AvgIpc) is 2.46. The molecule has 0 saturated heterocycles. The maximum Gasteiger partial charge on any atom is 0.196 e. The van der Waals surface area contributed by atoms with Gasteiger partial charge in [-0.15, -0.1) is 0 Å². The van der Waals surface area contributed by atoms with Gasteiger partial charge in [-0.05, 0) is 24.1 Å². The van der Waals surface area contributed by atoms with Crippen LogP contribution in [0.2, 0.25) is 0 Å². The molecule has 0 fully saturated rings. The zero-order valence-electron chi connectivity index (χ0n) is 10.9. The molecule has 0 aromatic heterocycles. The van der Waals surface area contributed by atoms with Crippen LogP contribution in [-0.4, -0.2) is 12.9 Å². The van der Waals surface area contributed by atoms with Gasteiger partial charge in [0.05, 0.1) is 12.7 Å². The molecular formula is C16H15FO2. The standard InChI is InChI=1S/C16H15FO2/c1-3-11-7-4-5-8-12(11)16(18)13-9-6-10-14(19-2)15(13)17/h4-10H,3H2,1-2H3. The van der Waals surface area contributed by atoms with Crippen molar-refractivity contribution >= 4 is 5.78 Å². The Morgan fingerprint density at radius 2 is 1.79 bits per heavy atom. The first-order valence-electron chi connectivity index (χ1n) is 6.14. The van der Waals surface area contributed by atoms with Crippen molar-refractivity contribution in [2.75, 3.05) is 7.11 Å². The summed E-state index contributed by atoms with van der Waals surface area (Å²) in [5.74, 6) is -0.838. The van der Waals surface area contributed by atoms with Crippen LogP contribution in [0.3, 0.4) is 0 Å². The molecule has 2 rings (SSSR count). The number of aryl methyl sites for hydroxylation is 1. The zero-order chi connectivity index (χ0) is 13.8. The van der Waals surface area contributed by atoms with Crippen LogP contribution in [0.1, 0.15) is 28.4 Å². The third-order valence-electron chi connectivity index (χ3n) is 3.07. The van der Waals surface area contributed by atoms with Gasteiger partial charge in [0.1, 0.15) is 0 Å². The normalized spacial score (nSPS) is 10.3. The molecule has 0 bridgehead atoms. The zero-order valence-corrected chi connectivity index (χ0v) is 10.9. The molecule has 0 aliphatic rings. The minimum Gasteiger partial charge on any atom is -0.494 e. The van der Waals surface area contributed by atoms with Crippen LogP contribution in [0.5, 0.6) is 5.75 Å². The highest BCUT2D eigenvalue weighted by atomic mass is 19.1. The van der Waals surface area contributed by atoms with Crippen molar-refractivity contribution in [2.24, 2.45) is 0 Å². The lowest BCUT2D eigenvalue weighted by Crippen LogP contribution is -2.08. The van der Waals surface area contributed by atoms with Crippen molar-refractivity contribution in [1.82, 2.24) is 0 Å². The third-order valence-corrected chi connectivity index (χ3v) is 3.07. The number of ketones is 1. The Morgan fingerprint density at radius 3 is 2.47 bits per heavy atom. The first-order valence-corrected chi connectivity index (χ1v) is 6.14. The first kappa shape index (κ1) is 13.3. The van der Waals surface area contributed by atoms with E-state index in [0.717, 1.165) is 12.0 Å². The monoisotopic (exact) mass is 258 g/mol. The molecular weight excluding hydrogens is 243 g/mol. The Bertz CT molecular complexity index is 605. The van der Waals surface area contributed by atoms with E-state index in [-0.39, 0.29) is 17.1 Å². The Hall–Kier alpha value is -2.16. The van der Waals surface area contributed by atoms with Crippen molar-refractivity contribution in [3.8, 4) is 5.75 Å². The van der Waals surface area contributed by atoms with Gasteiger partial charge in [-0.3, -0.25) is 4.79 Å². The van der Waals surface area contributed by atoms with Crippen LogP contribution in [-0.2, 0) is 6.42 Å². The van der Waals surface area contributed by atoms with E-state index in [1.165, 1.54) is 19.2 Å². The van der Waals surface area contributed by atoms with Crippen molar-refractivity contribution in [3.63, 3.8) is 0 Å². The van der Waals surface area contributed by atoms with Gasteiger partial charge < -0.3 is 4.74 Å². The molecule has 0 N–H and O–H groups in total. The number of rotatable bonds is 4. The Labute approximate surface area is 111 Å². The van der Waals surface area contributed by atoms with Gasteiger partial charge in [0, 0.05) is 5.56 Å². The van der Waals surface area contributed by atoms with E-state index in [2.05, 4.69) is 0 Å². The average molecular weight is 258 g/mol. The Balaban J connectivity index is 2.50. The van der Waals surface area contributed by atoms with E-state index in [1.54, 1.807) is 18.2 Å². The van der Waals surface area contributed by atoms with Gasteiger partial charge in [0.25, 0.3) is 0 Å². The summed E-state index contributed by atoms with van der Waals surface area (Å²) >= 11 is 0. The maximum absolute atomic E-state index is 14.1. The Kier molecular flexibility index (Phi) is 3.95. The predicted octanol–water partition coefficient (Wildman–Crippen LogP) is 3.63. The minimum atomic E-state index is -0.610. The molecule has 98 valence electrons. The molecule has 0 spiro atoms. The van der Waals surface area contributed by atoms with Crippen LogP contribution in [0.4, 0.5) is 4.39 Å². The highest BCUT2D eigenvalue weighted by molar-refractivity contribution is 6.10. The number of carbonyl (C=O) groups is 1. The lowest BCUT2D eigenvalue weighted by molar-refractivity contribution is 0.103. The van der Waals surface area contributed by atoms with Gasteiger partial charge in [-0.25, -0.2) is 4.39 Å². The van der Waals surface area contributed by atoms with Gasteiger partial charge in [0.15, 0.2) is 17.3 Å². The molecule has 0 aliphatic heterocycles. The summed E-state index contributed by atoms with van der Waals surface area (Å²) in [6, 6.07) is 11.8. The molecule has 0 radical (unpaired) electrons. The summed E-state index contributed by atoms with van der Waals surface area (Å²) < 4.78 is 19.0. The molecule has 0 aliphatic carbocycles. The van der Waals surface area contributed by atoms with Crippen molar-refractivity contribution in [1.29, 1.82) is 0 Å². The van der Waals surface area contributed by atoms with Gasteiger partial charge in [-0.1, -0.05) is 37.3 Å². The molecule has 2 nitrogen and oxygen atoms in total. The minimum absolute atomic E-state index is 0.0419. The van der Waals surface area contributed by atoms with Crippen LogP contribution < -0.4 is 4.74 Å². The smallest absolute Gasteiger partial charge is 0.196 e. The van der Waals surface area contributed by atoms with E-state index in [0.29, 0.717) is 5.56 Å². The number of hydrogen-bond donors (Lipinski definition) is 0. The summed E-state index contributed by atoms with van der Waals surface area (Å²) in [5, 5.41) is 0. The van der Waals surface area contributed by atoms with E-state index < -0.39 is 5.82 Å². The van der Waals surface area contributed by atoms with Crippen molar-refractivity contribution in [3.05, 3.63) is 65.0 Å². The fourth-order valence-corrected chi connectivity index (χ4v) is 2.04. The number of halogens is 1. The fraction of sp³-hybridized carbons (Fsp3) is 0.188. The highest BCUT2D eigenvalue weighted by Gasteiger charge is 2.18. The van der Waals surface area contributed by atoms with Crippen molar-refractivity contribution in [2.45, 2.75) is 13.3 Å². The molecule has 0 amide bonds. The van der Waals surface area contributed by atoms with E-state index in [9.17, 15) is 9.18 Å². The molecule has 0 heterocycles. The molecule has 0 unspecified atom stereocenters. The quantitative estimate of drug-likeness (QED) is 0.783. The first-order chi connectivity index (χ1) is 9.19. The fourth-order valence-electron chi connectivity index (χ4n) is 2.04. The van der Waals surface area contributed by atoms with Gasteiger partial charge in [-0.2, -0.15) is 0 Å². The molecule has 19 heavy (non-hydrogen) atoms. The van der Waals surface area contributed by atoms with Crippen LogP contribution >= 0.6 is 0 Å². The number of hydrogen-bond acceptors (Lipinski definition) is 2. The number of benzene rings is 2.